The molecule has 2 rings (SSSR count). The number of piperidine rings is 1. The molecular formula is C21H29NO2. The van der Waals surface area contributed by atoms with E-state index in [1.807, 2.05) is 24.3 Å². The van der Waals surface area contributed by atoms with Gasteiger partial charge in [0.05, 0.1) is 6.61 Å². The van der Waals surface area contributed by atoms with Crippen molar-refractivity contribution in [1.29, 1.82) is 0 Å². The zero-order chi connectivity index (χ0) is 17.4. The van der Waals surface area contributed by atoms with Gasteiger partial charge in [-0.05, 0) is 51.3 Å². The summed E-state index contributed by atoms with van der Waals surface area (Å²) in [4.78, 5) is 13.9. The molecule has 130 valence electrons. The van der Waals surface area contributed by atoms with Crippen LogP contribution in [-0.2, 0) is 4.79 Å². The molecule has 1 aliphatic rings. The van der Waals surface area contributed by atoms with Crippen LogP contribution in [-0.4, -0.2) is 36.9 Å². The van der Waals surface area contributed by atoms with Gasteiger partial charge in [-0.2, -0.15) is 0 Å². The number of Topliss-reactive ketones (excluding diaryl/α,β-unsaturated/α-hetero) is 1. The quantitative estimate of drug-likeness (QED) is 0.528. The lowest BCUT2D eigenvalue weighted by Gasteiger charge is -2.31. The smallest absolute Gasteiger partial charge is 0.134 e. The summed E-state index contributed by atoms with van der Waals surface area (Å²) in [6.07, 6.45) is 8.90. The number of carbonyl (C=O) groups excluding carboxylic acids is 1. The fraction of sp³-hybridized carbons (Fsp3) is 0.476. The summed E-state index contributed by atoms with van der Waals surface area (Å²) in [7, 11) is 0. The molecule has 0 amide bonds. The number of likely N-dealkylation sites (tertiary alicyclic amines) is 1. The number of rotatable bonds is 8. The summed E-state index contributed by atoms with van der Waals surface area (Å²) < 4.78 is 6.00. The van der Waals surface area contributed by atoms with Crippen LogP contribution in [0.2, 0.25) is 0 Å². The van der Waals surface area contributed by atoms with Crippen LogP contribution >= 0.6 is 0 Å². The minimum absolute atomic E-state index is 0.229. The molecule has 1 aliphatic heterocycles. The van der Waals surface area contributed by atoms with E-state index in [4.69, 9.17) is 4.74 Å². The normalized spacial score (nSPS) is 18.7. The van der Waals surface area contributed by atoms with Crippen molar-refractivity contribution in [2.45, 2.75) is 33.1 Å². The largest absolute Gasteiger partial charge is 0.493 e. The van der Waals surface area contributed by atoms with Gasteiger partial charge in [0, 0.05) is 24.6 Å². The summed E-state index contributed by atoms with van der Waals surface area (Å²) in [6, 6.07) is 6.13. The number of ether oxygens (including phenoxy) is 1. The highest BCUT2D eigenvalue weighted by Crippen LogP contribution is 2.24. The number of nitrogens with zero attached hydrogens (tertiary/aromatic N) is 1. The van der Waals surface area contributed by atoms with Crippen LogP contribution in [0.15, 0.2) is 36.9 Å². The number of hydrogen-bond acceptors (Lipinski definition) is 3. The second kappa shape index (κ2) is 9.43. The van der Waals surface area contributed by atoms with Gasteiger partial charge in [0.25, 0.3) is 0 Å². The average Bonchev–Trinajstić information content (AvgIpc) is 2.58. The van der Waals surface area contributed by atoms with Gasteiger partial charge in [0.15, 0.2) is 0 Å². The predicted octanol–water partition coefficient (Wildman–Crippen LogP) is 4.26. The van der Waals surface area contributed by atoms with Gasteiger partial charge in [0.1, 0.15) is 11.5 Å². The lowest BCUT2D eigenvalue weighted by atomic mass is 9.94. The molecule has 1 fully saturated rings. The molecule has 0 aliphatic carbocycles. The fourth-order valence-electron chi connectivity index (χ4n) is 3.22. The first-order valence-corrected chi connectivity index (χ1v) is 8.86. The summed E-state index contributed by atoms with van der Waals surface area (Å²) >= 11 is 0. The number of hydrogen-bond donors (Lipinski definition) is 0. The summed E-state index contributed by atoms with van der Waals surface area (Å²) in [5.41, 5.74) is 2.32. The maximum absolute atomic E-state index is 11.6. The number of aryl methyl sites for hydroxylation is 1. The molecule has 0 saturated carbocycles. The highest BCUT2D eigenvalue weighted by molar-refractivity contribution is 5.78. The third-order valence-electron chi connectivity index (χ3n) is 4.64. The Hall–Kier alpha value is -1.87. The van der Waals surface area contributed by atoms with Crippen LogP contribution in [0.1, 0.15) is 37.3 Å². The van der Waals surface area contributed by atoms with Crippen molar-refractivity contribution in [2.24, 2.45) is 5.92 Å². The molecule has 0 N–H and O–H groups in total. The Morgan fingerprint density at radius 1 is 1.46 bits per heavy atom. The third kappa shape index (κ3) is 5.34. The predicted molar refractivity (Wildman–Crippen MR) is 100 cm³/mol. The lowest BCUT2D eigenvalue weighted by Crippen LogP contribution is -2.38. The maximum Gasteiger partial charge on any atom is 0.134 e. The van der Waals surface area contributed by atoms with Crippen molar-refractivity contribution in [1.82, 2.24) is 4.90 Å². The van der Waals surface area contributed by atoms with Crippen LogP contribution in [0.5, 0.6) is 5.75 Å². The van der Waals surface area contributed by atoms with Gasteiger partial charge in [-0.25, -0.2) is 0 Å². The Morgan fingerprint density at radius 2 is 2.29 bits per heavy atom. The molecule has 1 unspecified atom stereocenters. The van der Waals surface area contributed by atoms with E-state index in [1.54, 1.807) is 13.0 Å². The van der Waals surface area contributed by atoms with Crippen LogP contribution < -0.4 is 4.74 Å². The first-order chi connectivity index (χ1) is 11.6. The van der Waals surface area contributed by atoms with E-state index in [1.165, 1.54) is 5.56 Å². The molecule has 1 aromatic carbocycles. The van der Waals surface area contributed by atoms with Crippen molar-refractivity contribution in [3.8, 4) is 5.75 Å². The summed E-state index contributed by atoms with van der Waals surface area (Å²) in [5, 5.41) is 0. The van der Waals surface area contributed by atoms with Crippen molar-refractivity contribution >= 4 is 11.9 Å². The minimum Gasteiger partial charge on any atom is -0.493 e. The molecule has 24 heavy (non-hydrogen) atoms. The molecular weight excluding hydrogens is 298 g/mol. The number of benzene rings is 1. The van der Waals surface area contributed by atoms with E-state index >= 15 is 0 Å². The Labute approximate surface area is 146 Å². The van der Waals surface area contributed by atoms with Gasteiger partial charge >= 0.3 is 0 Å². The van der Waals surface area contributed by atoms with Crippen molar-refractivity contribution in [3.63, 3.8) is 0 Å². The average molecular weight is 327 g/mol. The molecule has 1 saturated heterocycles. The molecule has 3 nitrogen and oxygen atoms in total. The number of ketones is 1. The molecule has 0 bridgehead atoms. The van der Waals surface area contributed by atoms with Crippen LogP contribution in [0.3, 0.4) is 0 Å². The maximum atomic E-state index is 11.6. The highest BCUT2D eigenvalue weighted by Gasteiger charge is 2.22. The van der Waals surface area contributed by atoms with Crippen molar-refractivity contribution in [3.05, 3.63) is 48.1 Å². The van der Waals surface area contributed by atoms with E-state index in [2.05, 4.69) is 24.5 Å². The molecule has 0 spiro atoms. The second-order valence-electron chi connectivity index (χ2n) is 6.53. The zero-order valence-electron chi connectivity index (χ0n) is 15.0. The summed E-state index contributed by atoms with van der Waals surface area (Å²) in [6.45, 7) is 11.2. The summed E-state index contributed by atoms with van der Waals surface area (Å²) in [5.74, 6) is 1.48. The molecule has 0 aromatic heterocycles. The van der Waals surface area contributed by atoms with Gasteiger partial charge in [-0.1, -0.05) is 36.9 Å². The molecule has 1 aromatic rings. The SMILES string of the molecule is C=C/C=C\c1c(C)cccc1OCCCN1CCCC(C(C)=O)C1. The topological polar surface area (TPSA) is 29.5 Å². The Morgan fingerprint density at radius 3 is 3.04 bits per heavy atom. The monoisotopic (exact) mass is 327 g/mol. The number of allylic oxidation sites excluding steroid dienone is 2. The molecule has 0 radical (unpaired) electrons. The van der Waals surface area contributed by atoms with E-state index in [0.29, 0.717) is 12.4 Å². The van der Waals surface area contributed by atoms with Crippen molar-refractivity contribution in [2.75, 3.05) is 26.2 Å². The van der Waals surface area contributed by atoms with E-state index in [-0.39, 0.29) is 5.92 Å². The molecule has 1 atom stereocenters. The van der Waals surface area contributed by atoms with E-state index < -0.39 is 0 Å². The Balaban J connectivity index is 1.82. The van der Waals surface area contributed by atoms with E-state index in [9.17, 15) is 4.79 Å². The Kier molecular flexibility index (Phi) is 7.26. The van der Waals surface area contributed by atoms with Crippen LogP contribution in [0, 0.1) is 12.8 Å². The first-order valence-electron chi connectivity index (χ1n) is 8.86. The van der Waals surface area contributed by atoms with Gasteiger partial charge in [0.2, 0.25) is 0 Å². The van der Waals surface area contributed by atoms with Crippen LogP contribution in [0.25, 0.3) is 6.08 Å². The highest BCUT2D eigenvalue weighted by atomic mass is 16.5. The molecule has 1 heterocycles. The van der Waals surface area contributed by atoms with Gasteiger partial charge < -0.3 is 9.64 Å². The Bertz CT molecular complexity index is 592. The number of carbonyl (C=O) groups is 1. The molecule has 3 heteroatoms. The minimum atomic E-state index is 0.229. The van der Waals surface area contributed by atoms with Gasteiger partial charge in [-0.15, -0.1) is 0 Å². The van der Waals surface area contributed by atoms with Crippen molar-refractivity contribution < 1.29 is 9.53 Å². The first kappa shape index (κ1) is 18.5. The standard InChI is InChI=1S/C21H29NO2/c1-4-5-11-20-17(2)9-6-12-21(20)24-15-8-14-22-13-7-10-19(16-22)18(3)23/h4-6,9,11-12,19H,1,7-8,10,13-16H2,2-3H3/b11-5-. The second-order valence-corrected chi connectivity index (χ2v) is 6.53. The van der Waals surface area contributed by atoms with Gasteiger partial charge in [-0.3, -0.25) is 4.79 Å². The zero-order valence-corrected chi connectivity index (χ0v) is 15.0. The fourth-order valence-corrected chi connectivity index (χ4v) is 3.22. The lowest BCUT2D eigenvalue weighted by molar-refractivity contribution is -0.122. The third-order valence-corrected chi connectivity index (χ3v) is 4.64. The van der Waals surface area contributed by atoms with E-state index in [0.717, 1.165) is 50.2 Å². The van der Waals surface area contributed by atoms with Crippen LogP contribution in [0.4, 0.5) is 0 Å².